The van der Waals surface area contributed by atoms with Crippen LogP contribution in [0, 0.1) is 0 Å². The monoisotopic (exact) mass is 664 g/mol. The van der Waals surface area contributed by atoms with E-state index in [0.29, 0.717) is 19.3 Å². The molecule has 0 spiro atoms. The second-order valence-corrected chi connectivity index (χ2v) is 12.9. The van der Waals surface area contributed by atoms with Crippen molar-refractivity contribution in [1.29, 1.82) is 0 Å². The molecule has 2 aromatic carbocycles. The first-order chi connectivity index (χ1) is 20.8. The van der Waals surface area contributed by atoms with Crippen molar-refractivity contribution in [2.45, 2.75) is 49.1 Å². The highest BCUT2D eigenvalue weighted by molar-refractivity contribution is 7.89. The van der Waals surface area contributed by atoms with Gasteiger partial charge in [0.1, 0.15) is 11.9 Å². The molecule has 1 fully saturated rings. The number of piperidine rings is 1. The van der Waals surface area contributed by atoms with E-state index in [1.165, 1.54) is 34.8 Å². The summed E-state index contributed by atoms with van der Waals surface area (Å²) < 4.78 is 27.4. The number of aromatic nitrogens is 2. The van der Waals surface area contributed by atoms with Crippen LogP contribution in [0.4, 0.5) is 10.6 Å². The van der Waals surface area contributed by atoms with Gasteiger partial charge in [-0.05, 0) is 43.5 Å². The van der Waals surface area contributed by atoms with Gasteiger partial charge in [-0.3, -0.25) is 4.79 Å². The molecule has 1 aliphatic heterocycles. The third kappa shape index (κ3) is 7.56. The minimum atomic E-state index is -3.70. The van der Waals surface area contributed by atoms with Crippen molar-refractivity contribution in [1.82, 2.24) is 24.9 Å². The number of carboxylic acids is 1. The van der Waals surface area contributed by atoms with Gasteiger partial charge in [-0.25, -0.2) is 22.8 Å². The van der Waals surface area contributed by atoms with Crippen LogP contribution in [0.15, 0.2) is 64.4 Å². The number of sulfonamides is 1. The number of urea groups is 1. The van der Waals surface area contributed by atoms with Crippen molar-refractivity contribution in [3.63, 3.8) is 0 Å². The van der Waals surface area contributed by atoms with Gasteiger partial charge >= 0.3 is 17.7 Å². The van der Waals surface area contributed by atoms with Crippen LogP contribution in [0.1, 0.15) is 42.1 Å². The largest absolute Gasteiger partial charge is 0.480 e. The lowest BCUT2D eigenvalue weighted by molar-refractivity contribution is -0.139. The number of hydrogen-bond acceptors (Lipinski definition) is 7. The number of rotatable bonds is 10. The predicted octanol–water partition coefficient (Wildman–Crippen LogP) is 3.26. The van der Waals surface area contributed by atoms with Gasteiger partial charge in [0.05, 0.1) is 20.5 Å². The molecule has 0 aliphatic carbocycles. The van der Waals surface area contributed by atoms with Crippen molar-refractivity contribution >= 4 is 57.0 Å². The van der Waals surface area contributed by atoms with Crippen LogP contribution in [0.25, 0.3) is 0 Å². The molecule has 234 valence electrons. The van der Waals surface area contributed by atoms with E-state index in [4.69, 9.17) is 23.2 Å². The summed E-state index contributed by atoms with van der Waals surface area (Å²) in [6.07, 6.45) is 1.92. The molecule has 1 aliphatic rings. The second kappa shape index (κ2) is 13.8. The highest BCUT2D eigenvalue weighted by atomic mass is 35.5. The van der Waals surface area contributed by atoms with Crippen molar-refractivity contribution in [3.8, 4) is 0 Å². The fraction of sp³-hybridized carbons (Fsp3) is 0.321. The zero-order valence-electron chi connectivity index (χ0n) is 23.5. The summed E-state index contributed by atoms with van der Waals surface area (Å²) in [7, 11) is -3.70. The smallest absolute Gasteiger partial charge is 0.346 e. The number of amides is 3. The van der Waals surface area contributed by atoms with Crippen molar-refractivity contribution in [2.24, 2.45) is 0 Å². The van der Waals surface area contributed by atoms with E-state index in [1.807, 2.05) is 6.92 Å². The third-order valence-electron chi connectivity index (χ3n) is 7.45. The Bertz CT molecular complexity index is 1690. The first-order valence-corrected chi connectivity index (χ1v) is 15.8. The number of aliphatic carboxylic acids is 1. The Labute approximate surface area is 263 Å². The molecular formula is C28H30Cl2N6O7S. The number of nitrogens with one attached hydrogen (secondary N) is 4. The average Bonchev–Trinajstić information content (AvgIpc) is 2.98. The fourth-order valence-corrected chi connectivity index (χ4v) is 6.92. The van der Waals surface area contributed by atoms with Crippen LogP contribution in [0.5, 0.6) is 0 Å². The van der Waals surface area contributed by atoms with E-state index in [1.54, 1.807) is 24.3 Å². The first kappa shape index (κ1) is 32.9. The lowest BCUT2D eigenvalue weighted by Crippen LogP contribution is -2.59. The Hall–Kier alpha value is -3.98. The average molecular weight is 666 g/mol. The highest BCUT2D eigenvalue weighted by Gasteiger charge is 2.39. The van der Waals surface area contributed by atoms with Crippen LogP contribution in [-0.2, 0) is 21.2 Å². The molecule has 0 bridgehead atoms. The molecule has 1 aromatic heterocycles. The molecule has 13 nitrogen and oxygen atoms in total. The van der Waals surface area contributed by atoms with Crippen LogP contribution in [0.2, 0.25) is 10.0 Å². The minimum Gasteiger partial charge on any atom is -0.480 e. The van der Waals surface area contributed by atoms with Gasteiger partial charge in [-0.15, -0.1) is 0 Å². The van der Waals surface area contributed by atoms with Crippen molar-refractivity contribution < 1.29 is 27.9 Å². The first-order valence-electron chi connectivity index (χ1n) is 13.6. The molecule has 3 aromatic rings. The summed E-state index contributed by atoms with van der Waals surface area (Å²) in [6.45, 7) is 2.17. The topological polar surface area (TPSA) is 191 Å². The summed E-state index contributed by atoms with van der Waals surface area (Å²) in [5.41, 5.74) is -1.54. The lowest BCUT2D eigenvalue weighted by Gasteiger charge is -2.41. The Morgan fingerprint density at radius 2 is 1.70 bits per heavy atom. The lowest BCUT2D eigenvalue weighted by atomic mass is 9.86. The molecule has 1 atom stereocenters. The Morgan fingerprint density at radius 1 is 1.07 bits per heavy atom. The number of carboxylic acid groups (broad SMARTS) is 1. The molecule has 0 radical (unpaired) electrons. The number of hydrogen-bond donors (Lipinski definition) is 5. The van der Waals surface area contributed by atoms with Crippen LogP contribution in [-0.4, -0.2) is 70.4 Å². The molecule has 0 saturated carbocycles. The molecule has 44 heavy (non-hydrogen) atoms. The Morgan fingerprint density at radius 3 is 2.30 bits per heavy atom. The summed E-state index contributed by atoms with van der Waals surface area (Å²) in [5.74, 6) is -2.39. The predicted molar refractivity (Wildman–Crippen MR) is 164 cm³/mol. The van der Waals surface area contributed by atoms with E-state index in [2.05, 4.69) is 25.9 Å². The van der Waals surface area contributed by atoms with Crippen LogP contribution >= 0.6 is 23.2 Å². The summed E-state index contributed by atoms with van der Waals surface area (Å²) in [4.78, 5) is 56.3. The van der Waals surface area contributed by atoms with Crippen molar-refractivity contribution in [2.75, 3.05) is 18.4 Å². The molecule has 4 rings (SSSR count). The van der Waals surface area contributed by atoms with Gasteiger partial charge in [0, 0.05) is 36.8 Å². The third-order valence-corrected chi connectivity index (χ3v) is 10.00. The zero-order chi connectivity index (χ0) is 32.1. The van der Waals surface area contributed by atoms with E-state index in [0.717, 1.165) is 0 Å². The van der Waals surface area contributed by atoms with E-state index < -0.39 is 45.2 Å². The Kier molecular flexibility index (Phi) is 10.3. The fourth-order valence-electron chi connectivity index (χ4n) is 4.89. The van der Waals surface area contributed by atoms with E-state index >= 15 is 0 Å². The van der Waals surface area contributed by atoms with Gasteiger partial charge in [0.25, 0.3) is 5.91 Å². The molecule has 1 saturated heterocycles. The van der Waals surface area contributed by atoms with Gasteiger partial charge in [0.15, 0.2) is 0 Å². The Balaban J connectivity index is 1.44. The second-order valence-electron chi connectivity index (χ2n) is 10.2. The van der Waals surface area contributed by atoms with Gasteiger partial charge in [-0.2, -0.15) is 9.29 Å². The standard InChI is InChI=1S/C28H30Cl2N6O7S/c1-2-28(11-13-36(14-12-28)44(42,43)18-7-4-3-5-8-18)35-27(41)32-21(25(38)39)15-17-16-31-26(40)34-23(17)33-24(37)22-19(29)9-6-10-20(22)30/h3-10,16,21H,2,11-15H2,1H3,(H,38,39)(H2,32,35,41)(H2,31,33,34,37,40). The maximum absolute atomic E-state index is 13.1. The molecule has 3 amide bonds. The number of aromatic amines is 1. The molecule has 5 N–H and O–H groups in total. The number of carbonyl (C=O) groups excluding carboxylic acids is 2. The highest BCUT2D eigenvalue weighted by Crippen LogP contribution is 2.29. The summed E-state index contributed by atoms with van der Waals surface area (Å²) >= 11 is 12.2. The van der Waals surface area contributed by atoms with E-state index in [9.17, 15) is 32.7 Å². The summed E-state index contributed by atoms with van der Waals surface area (Å²) in [6, 6.07) is 10.2. The number of H-pyrrole nitrogens is 1. The van der Waals surface area contributed by atoms with Gasteiger partial charge in [0.2, 0.25) is 10.0 Å². The molecule has 2 heterocycles. The molecule has 16 heteroatoms. The number of anilines is 1. The normalized spacial score (nSPS) is 15.6. The van der Waals surface area contributed by atoms with E-state index in [-0.39, 0.29) is 51.4 Å². The maximum atomic E-state index is 13.1. The quantitative estimate of drug-likeness (QED) is 0.218. The number of halogens is 2. The summed E-state index contributed by atoms with van der Waals surface area (Å²) in [5, 5.41) is 17.7. The SMILES string of the molecule is CCC1(NC(=O)NC(Cc2c[nH]c(=O)nc2NC(=O)c2c(Cl)cccc2Cl)C(=O)O)CCN(S(=O)(=O)c2ccccc2)CC1. The number of carbonyl (C=O) groups is 3. The minimum absolute atomic E-state index is 0.0523. The van der Waals surface area contributed by atoms with Gasteiger partial charge < -0.3 is 26.0 Å². The van der Waals surface area contributed by atoms with Gasteiger partial charge in [-0.1, -0.05) is 54.4 Å². The van der Waals surface area contributed by atoms with Crippen LogP contribution in [0.3, 0.4) is 0 Å². The molecule has 1 unspecified atom stereocenters. The molecular weight excluding hydrogens is 635 g/mol. The zero-order valence-corrected chi connectivity index (χ0v) is 25.8. The van der Waals surface area contributed by atoms with Crippen LogP contribution < -0.4 is 21.6 Å². The number of benzene rings is 2. The number of nitrogens with zero attached hydrogens (tertiary/aromatic N) is 2. The maximum Gasteiger partial charge on any atom is 0.346 e. The van der Waals surface area contributed by atoms with Crippen molar-refractivity contribution in [3.05, 3.63) is 86.4 Å².